The second-order valence-electron chi connectivity index (χ2n) is 7.72. The number of aryl methyl sites for hydroxylation is 1. The molecular formula is C19H37N7O. The number of aromatic nitrogens is 2. The van der Waals surface area contributed by atoms with Crippen LogP contribution in [0, 0.1) is 5.92 Å². The van der Waals surface area contributed by atoms with Crippen LogP contribution in [0.3, 0.4) is 0 Å². The maximum absolute atomic E-state index is 5.50. The summed E-state index contributed by atoms with van der Waals surface area (Å²) in [6.45, 7) is 9.85. The minimum absolute atomic E-state index is 0.234. The van der Waals surface area contributed by atoms with Gasteiger partial charge in [0.25, 0.3) is 0 Å². The highest BCUT2D eigenvalue weighted by Gasteiger charge is 2.24. The molecule has 2 rings (SSSR count). The van der Waals surface area contributed by atoms with E-state index < -0.39 is 0 Å². The molecule has 27 heavy (non-hydrogen) atoms. The first-order valence-corrected chi connectivity index (χ1v) is 9.83. The third-order valence-corrected chi connectivity index (χ3v) is 5.18. The number of hydrogen-bond acceptors (Lipinski definition) is 5. The highest BCUT2D eigenvalue weighted by Crippen LogP contribution is 2.16. The summed E-state index contributed by atoms with van der Waals surface area (Å²) in [4.78, 5) is 9.12. The van der Waals surface area contributed by atoms with Gasteiger partial charge in [0.1, 0.15) is 0 Å². The predicted octanol–water partition coefficient (Wildman–Crippen LogP) is 0.545. The first-order valence-electron chi connectivity index (χ1n) is 9.83. The van der Waals surface area contributed by atoms with Crippen molar-refractivity contribution in [1.29, 1.82) is 0 Å². The summed E-state index contributed by atoms with van der Waals surface area (Å²) in [6, 6.07) is 0.702. The molecule has 154 valence electrons. The molecule has 0 aromatic carbocycles. The van der Waals surface area contributed by atoms with Crippen LogP contribution < -0.4 is 10.6 Å². The molecule has 2 N–H and O–H groups in total. The van der Waals surface area contributed by atoms with Crippen LogP contribution in [-0.2, 0) is 11.8 Å². The number of nitrogens with one attached hydrogen (secondary N) is 2. The fourth-order valence-corrected chi connectivity index (χ4v) is 3.52. The first-order chi connectivity index (χ1) is 12.9. The summed E-state index contributed by atoms with van der Waals surface area (Å²) < 4.78 is 7.34. The minimum Gasteiger partial charge on any atom is -0.379 e. The SMILES string of the molecule is CN=C(NCC(c1cnn(C)c1)N(C)C)NCC(C(C)C)N1CCOCC1. The summed E-state index contributed by atoms with van der Waals surface area (Å²) in [6.07, 6.45) is 3.99. The van der Waals surface area contributed by atoms with Crippen LogP contribution >= 0.6 is 0 Å². The molecule has 2 heterocycles. The van der Waals surface area contributed by atoms with Gasteiger partial charge >= 0.3 is 0 Å². The van der Waals surface area contributed by atoms with Crippen molar-refractivity contribution in [1.82, 2.24) is 30.2 Å². The highest BCUT2D eigenvalue weighted by molar-refractivity contribution is 5.79. The average Bonchev–Trinajstić information content (AvgIpc) is 3.06. The van der Waals surface area contributed by atoms with Gasteiger partial charge < -0.3 is 20.3 Å². The Bertz CT molecular complexity index is 578. The lowest BCUT2D eigenvalue weighted by atomic mass is 10.0. The number of likely N-dealkylation sites (N-methyl/N-ethyl adjacent to an activating group) is 1. The van der Waals surface area contributed by atoms with Gasteiger partial charge in [0.2, 0.25) is 0 Å². The van der Waals surface area contributed by atoms with E-state index in [4.69, 9.17) is 4.74 Å². The molecule has 1 aromatic rings. The smallest absolute Gasteiger partial charge is 0.191 e. The topological polar surface area (TPSA) is 70.0 Å². The molecule has 8 nitrogen and oxygen atoms in total. The molecule has 1 saturated heterocycles. The van der Waals surface area contributed by atoms with Crippen LogP contribution in [0.5, 0.6) is 0 Å². The number of morpholine rings is 1. The number of aliphatic imine (C=N–C) groups is 1. The van der Waals surface area contributed by atoms with E-state index in [1.54, 1.807) is 0 Å². The molecule has 1 aliphatic rings. The van der Waals surface area contributed by atoms with Crippen LogP contribution in [0.4, 0.5) is 0 Å². The fraction of sp³-hybridized carbons (Fsp3) is 0.789. The summed E-state index contributed by atoms with van der Waals surface area (Å²) in [5, 5.41) is 11.3. The van der Waals surface area contributed by atoms with E-state index in [2.05, 4.69) is 64.7 Å². The molecule has 0 spiro atoms. The van der Waals surface area contributed by atoms with Gasteiger partial charge in [-0.3, -0.25) is 14.6 Å². The van der Waals surface area contributed by atoms with Crippen LogP contribution in [-0.4, -0.2) is 92.1 Å². The molecule has 0 bridgehead atoms. The van der Waals surface area contributed by atoms with E-state index >= 15 is 0 Å². The van der Waals surface area contributed by atoms with Crippen LogP contribution in [0.25, 0.3) is 0 Å². The number of hydrogen-bond donors (Lipinski definition) is 2. The third-order valence-electron chi connectivity index (χ3n) is 5.18. The number of ether oxygens (including phenoxy) is 1. The van der Waals surface area contributed by atoms with Gasteiger partial charge in [0.05, 0.1) is 25.5 Å². The predicted molar refractivity (Wildman–Crippen MR) is 110 cm³/mol. The Morgan fingerprint density at radius 3 is 2.44 bits per heavy atom. The van der Waals surface area contributed by atoms with Gasteiger partial charge in [0.15, 0.2) is 5.96 Å². The molecular weight excluding hydrogens is 342 g/mol. The van der Waals surface area contributed by atoms with E-state index in [1.807, 2.05) is 25.0 Å². The van der Waals surface area contributed by atoms with Crippen molar-refractivity contribution in [3.63, 3.8) is 0 Å². The average molecular weight is 380 g/mol. The zero-order chi connectivity index (χ0) is 19.8. The molecule has 0 aliphatic carbocycles. The van der Waals surface area contributed by atoms with E-state index in [0.717, 1.165) is 45.4 Å². The van der Waals surface area contributed by atoms with E-state index in [-0.39, 0.29) is 6.04 Å². The Balaban J connectivity index is 1.90. The van der Waals surface area contributed by atoms with E-state index in [0.29, 0.717) is 12.0 Å². The lowest BCUT2D eigenvalue weighted by molar-refractivity contribution is 0.00752. The van der Waals surface area contributed by atoms with Gasteiger partial charge in [0, 0.05) is 58.1 Å². The maximum Gasteiger partial charge on any atom is 0.191 e. The summed E-state index contributed by atoms with van der Waals surface area (Å²) in [5.74, 6) is 1.41. The Hall–Kier alpha value is -1.64. The molecule has 2 atom stereocenters. The monoisotopic (exact) mass is 379 g/mol. The molecule has 1 aromatic heterocycles. The minimum atomic E-state index is 0.234. The molecule has 0 saturated carbocycles. The lowest BCUT2D eigenvalue weighted by Crippen LogP contribution is -2.53. The second-order valence-corrected chi connectivity index (χ2v) is 7.72. The van der Waals surface area contributed by atoms with Crippen LogP contribution in [0.1, 0.15) is 25.5 Å². The van der Waals surface area contributed by atoms with Gasteiger partial charge in [-0.25, -0.2) is 0 Å². The highest BCUT2D eigenvalue weighted by atomic mass is 16.5. The third kappa shape index (κ3) is 6.48. The van der Waals surface area contributed by atoms with Crippen molar-refractivity contribution in [2.45, 2.75) is 25.9 Å². The largest absolute Gasteiger partial charge is 0.379 e. The van der Waals surface area contributed by atoms with Crippen molar-refractivity contribution in [3.05, 3.63) is 18.0 Å². The number of rotatable bonds is 8. The Morgan fingerprint density at radius 2 is 1.93 bits per heavy atom. The number of nitrogens with zero attached hydrogens (tertiary/aromatic N) is 5. The molecule has 2 unspecified atom stereocenters. The van der Waals surface area contributed by atoms with Crippen molar-refractivity contribution >= 4 is 5.96 Å². The summed E-state index contributed by atoms with van der Waals surface area (Å²) in [7, 11) is 7.94. The lowest BCUT2D eigenvalue weighted by Gasteiger charge is -2.37. The van der Waals surface area contributed by atoms with Gasteiger partial charge in [-0.15, -0.1) is 0 Å². The van der Waals surface area contributed by atoms with Gasteiger partial charge in [-0.2, -0.15) is 5.10 Å². The summed E-state index contributed by atoms with van der Waals surface area (Å²) >= 11 is 0. The van der Waals surface area contributed by atoms with Crippen LogP contribution in [0.2, 0.25) is 0 Å². The zero-order valence-electron chi connectivity index (χ0n) is 17.8. The fourth-order valence-electron chi connectivity index (χ4n) is 3.52. The van der Waals surface area contributed by atoms with Crippen molar-refractivity contribution in [3.8, 4) is 0 Å². The van der Waals surface area contributed by atoms with Crippen molar-refractivity contribution in [2.75, 3.05) is 60.5 Å². The van der Waals surface area contributed by atoms with E-state index in [1.165, 1.54) is 5.56 Å². The van der Waals surface area contributed by atoms with Crippen LogP contribution in [0.15, 0.2) is 17.4 Å². The Labute approximate surface area is 164 Å². The molecule has 8 heteroatoms. The molecule has 1 aliphatic heterocycles. The maximum atomic E-state index is 5.50. The summed E-state index contributed by atoms with van der Waals surface area (Å²) in [5.41, 5.74) is 1.19. The number of guanidine groups is 1. The first kappa shape index (κ1) is 21.7. The Kier molecular flexibility index (Phi) is 8.53. The standard InChI is InChI=1S/C19H37N7O/c1-15(2)17(26-7-9-27-10-8-26)12-21-19(20-3)22-13-18(24(4)5)16-11-23-25(6)14-16/h11,14-15,17-18H,7-10,12-13H2,1-6H3,(H2,20,21,22). The van der Waals surface area contributed by atoms with Gasteiger partial charge in [-0.05, 0) is 20.0 Å². The zero-order valence-corrected chi connectivity index (χ0v) is 17.8. The van der Waals surface area contributed by atoms with Crippen molar-refractivity contribution < 1.29 is 4.74 Å². The normalized spacial score (nSPS) is 18.7. The quantitative estimate of drug-likeness (QED) is 0.508. The van der Waals surface area contributed by atoms with E-state index in [9.17, 15) is 0 Å². The van der Waals surface area contributed by atoms with Gasteiger partial charge in [-0.1, -0.05) is 13.8 Å². The molecule has 0 amide bonds. The Morgan fingerprint density at radius 1 is 1.26 bits per heavy atom. The molecule has 1 fully saturated rings. The second kappa shape index (κ2) is 10.6. The van der Waals surface area contributed by atoms with Crippen molar-refractivity contribution in [2.24, 2.45) is 18.0 Å². The molecule has 0 radical (unpaired) electrons.